The van der Waals surface area contributed by atoms with Crippen molar-refractivity contribution in [3.05, 3.63) is 34.5 Å². The molecule has 0 amide bonds. The lowest BCUT2D eigenvalue weighted by Gasteiger charge is -2.20. The minimum absolute atomic E-state index is 0.479. The zero-order chi connectivity index (χ0) is 14.9. The molecule has 2 heteroatoms. The fraction of sp³-hybridized carbons (Fsp3) is 0.500. The number of aromatic nitrogens is 1. The van der Waals surface area contributed by atoms with Gasteiger partial charge in [-0.15, -0.1) is 0 Å². The van der Waals surface area contributed by atoms with Crippen molar-refractivity contribution in [2.24, 2.45) is 0 Å². The predicted molar refractivity (Wildman–Crippen MR) is 88.8 cm³/mol. The standard InChI is InChI=1S/C18H26N2/c1-7-8-19-18-16(11(2)3)14(6)20-15-10-12(4)9-13(5)17(15)18/h9-11H,7-8H2,1-6H3,(H,19,20). The predicted octanol–water partition coefficient (Wildman–Crippen LogP) is 5.11. The van der Waals surface area contributed by atoms with E-state index in [1.165, 1.54) is 27.8 Å². The molecule has 0 aliphatic heterocycles. The molecule has 0 radical (unpaired) electrons. The largest absolute Gasteiger partial charge is 0.384 e. The number of aryl methyl sites for hydroxylation is 3. The third-order valence-corrected chi connectivity index (χ3v) is 3.79. The van der Waals surface area contributed by atoms with Gasteiger partial charge in [0, 0.05) is 23.3 Å². The number of hydrogen-bond donors (Lipinski definition) is 1. The van der Waals surface area contributed by atoms with E-state index in [0.29, 0.717) is 5.92 Å². The van der Waals surface area contributed by atoms with Gasteiger partial charge in [-0.25, -0.2) is 0 Å². The van der Waals surface area contributed by atoms with Gasteiger partial charge in [0.05, 0.1) is 5.52 Å². The van der Waals surface area contributed by atoms with Crippen molar-refractivity contribution in [1.29, 1.82) is 0 Å². The fourth-order valence-electron chi connectivity index (χ4n) is 3.06. The van der Waals surface area contributed by atoms with Crippen molar-refractivity contribution in [2.45, 2.75) is 53.9 Å². The molecule has 1 heterocycles. The summed E-state index contributed by atoms with van der Waals surface area (Å²) in [5, 5.41) is 4.94. The highest BCUT2D eigenvalue weighted by molar-refractivity contribution is 5.96. The van der Waals surface area contributed by atoms with Crippen LogP contribution in [0.15, 0.2) is 12.1 Å². The molecule has 0 aliphatic carbocycles. The number of fused-ring (bicyclic) bond motifs is 1. The summed E-state index contributed by atoms with van der Waals surface area (Å²) in [7, 11) is 0. The van der Waals surface area contributed by atoms with Gasteiger partial charge in [0.1, 0.15) is 0 Å². The van der Waals surface area contributed by atoms with Gasteiger partial charge in [-0.3, -0.25) is 4.98 Å². The average molecular weight is 270 g/mol. The van der Waals surface area contributed by atoms with Crippen LogP contribution in [0.3, 0.4) is 0 Å². The number of nitrogens with zero attached hydrogens (tertiary/aromatic N) is 1. The number of pyridine rings is 1. The van der Waals surface area contributed by atoms with Crippen molar-refractivity contribution in [1.82, 2.24) is 4.98 Å². The zero-order valence-electron chi connectivity index (χ0n) is 13.6. The molecule has 0 saturated carbocycles. The molecule has 0 bridgehead atoms. The molecule has 20 heavy (non-hydrogen) atoms. The quantitative estimate of drug-likeness (QED) is 0.835. The topological polar surface area (TPSA) is 24.9 Å². The molecule has 0 fully saturated rings. The summed E-state index contributed by atoms with van der Waals surface area (Å²) in [6.07, 6.45) is 1.13. The van der Waals surface area contributed by atoms with E-state index in [0.717, 1.165) is 24.2 Å². The van der Waals surface area contributed by atoms with E-state index in [4.69, 9.17) is 4.98 Å². The highest BCUT2D eigenvalue weighted by atomic mass is 14.9. The molecule has 1 aromatic carbocycles. The van der Waals surface area contributed by atoms with Crippen molar-refractivity contribution < 1.29 is 0 Å². The van der Waals surface area contributed by atoms with Gasteiger partial charge in [0.25, 0.3) is 0 Å². The minimum atomic E-state index is 0.479. The van der Waals surface area contributed by atoms with Crippen LogP contribution >= 0.6 is 0 Å². The van der Waals surface area contributed by atoms with Gasteiger partial charge in [-0.1, -0.05) is 26.8 Å². The summed E-state index contributed by atoms with van der Waals surface area (Å²) in [6.45, 7) is 14.2. The van der Waals surface area contributed by atoms with Crippen molar-refractivity contribution in [3.63, 3.8) is 0 Å². The average Bonchev–Trinajstić information content (AvgIpc) is 2.33. The molecule has 1 N–H and O–H groups in total. The van der Waals surface area contributed by atoms with Crippen molar-refractivity contribution >= 4 is 16.6 Å². The third-order valence-electron chi connectivity index (χ3n) is 3.79. The Labute approximate surface area is 122 Å². The first-order valence-corrected chi connectivity index (χ1v) is 7.61. The second-order valence-corrected chi connectivity index (χ2v) is 6.04. The molecule has 2 aromatic rings. The molecular formula is C18H26N2. The van der Waals surface area contributed by atoms with E-state index in [1.807, 2.05) is 0 Å². The summed E-state index contributed by atoms with van der Waals surface area (Å²) in [5.74, 6) is 0.479. The first-order valence-electron chi connectivity index (χ1n) is 7.61. The van der Waals surface area contributed by atoms with Crippen LogP contribution < -0.4 is 5.32 Å². The van der Waals surface area contributed by atoms with E-state index in [-0.39, 0.29) is 0 Å². The molecule has 2 rings (SSSR count). The maximum Gasteiger partial charge on any atom is 0.0731 e. The molecule has 0 aliphatic rings. The summed E-state index contributed by atoms with van der Waals surface area (Å²) in [6, 6.07) is 4.44. The Bertz CT molecular complexity index is 627. The summed E-state index contributed by atoms with van der Waals surface area (Å²) in [4.78, 5) is 4.85. The second-order valence-electron chi connectivity index (χ2n) is 6.04. The molecule has 0 unspecified atom stereocenters. The Kier molecular flexibility index (Phi) is 4.32. The van der Waals surface area contributed by atoms with E-state index in [9.17, 15) is 0 Å². The van der Waals surface area contributed by atoms with E-state index < -0.39 is 0 Å². The monoisotopic (exact) mass is 270 g/mol. The van der Waals surface area contributed by atoms with E-state index in [2.05, 4.69) is 59.0 Å². The lowest BCUT2D eigenvalue weighted by Crippen LogP contribution is -2.09. The fourth-order valence-corrected chi connectivity index (χ4v) is 3.06. The first kappa shape index (κ1) is 14.8. The minimum Gasteiger partial charge on any atom is -0.384 e. The maximum atomic E-state index is 4.85. The van der Waals surface area contributed by atoms with Crippen LogP contribution in [0.25, 0.3) is 10.9 Å². The molecule has 108 valence electrons. The number of nitrogens with one attached hydrogen (secondary N) is 1. The van der Waals surface area contributed by atoms with Crippen LogP contribution in [0.1, 0.15) is 55.5 Å². The molecule has 0 saturated heterocycles. The number of hydrogen-bond acceptors (Lipinski definition) is 2. The van der Waals surface area contributed by atoms with Crippen LogP contribution in [0.2, 0.25) is 0 Å². The second kappa shape index (κ2) is 5.82. The van der Waals surface area contributed by atoms with Gasteiger partial charge >= 0.3 is 0 Å². The highest BCUT2D eigenvalue weighted by Crippen LogP contribution is 2.35. The summed E-state index contributed by atoms with van der Waals surface area (Å²) >= 11 is 0. The maximum absolute atomic E-state index is 4.85. The van der Waals surface area contributed by atoms with Crippen LogP contribution in [0, 0.1) is 20.8 Å². The van der Waals surface area contributed by atoms with Crippen molar-refractivity contribution in [3.8, 4) is 0 Å². The smallest absolute Gasteiger partial charge is 0.0731 e. The van der Waals surface area contributed by atoms with Gasteiger partial charge in [0.2, 0.25) is 0 Å². The van der Waals surface area contributed by atoms with E-state index in [1.54, 1.807) is 0 Å². The Balaban J connectivity index is 2.81. The van der Waals surface area contributed by atoms with Gasteiger partial charge in [-0.05, 0) is 55.9 Å². The molecule has 1 aromatic heterocycles. The highest BCUT2D eigenvalue weighted by Gasteiger charge is 2.16. The van der Waals surface area contributed by atoms with Crippen LogP contribution in [-0.2, 0) is 0 Å². The molecule has 2 nitrogen and oxygen atoms in total. The first-order chi connectivity index (χ1) is 9.45. The number of benzene rings is 1. The number of rotatable bonds is 4. The SMILES string of the molecule is CCCNc1c(C(C)C)c(C)nc2cc(C)cc(C)c12. The molecule has 0 spiro atoms. The molecular weight excluding hydrogens is 244 g/mol. The number of anilines is 1. The van der Waals surface area contributed by atoms with Crippen LogP contribution in [0.5, 0.6) is 0 Å². The lowest BCUT2D eigenvalue weighted by molar-refractivity contribution is 0.844. The summed E-state index contributed by atoms with van der Waals surface area (Å²) < 4.78 is 0. The Hall–Kier alpha value is -1.57. The van der Waals surface area contributed by atoms with Crippen molar-refractivity contribution in [2.75, 3.05) is 11.9 Å². The van der Waals surface area contributed by atoms with Gasteiger partial charge in [0.15, 0.2) is 0 Å². The van der Waals surface area contributed by atoms with Gasteiger partial charge < -0.3 is 5.32 Å². The summed E-state index contributed by atoms with van der Waals surface area (Å²) in [5.41, 5.74) is 7.51. The Morgan fingerprint density at radius 2 is 1.85 bits per heavy atom. The normalized spacial score (nSPS) is 11.3. The lowest BCUT2D eigenvalue weighted by atomic mass is 9.94. The van der Waals surface area contributed by atoms with Crippen LogP contribution in [0.4, 0.5) is 5.69 Å². The van der Waals surface area contributed by atoms with Gasteiger partial charge in [-0.2, -0.15) is 0 Å². The third kappa shape index (κ3) is 2.65. The Morgan fingerprint density at radius 3 is 2.45 bits per heavy atom. The molecule has 0 atom stereocenters. The zero-order valence-corrected chi connectivity index (χ0v) is 13.6. The van der Waals surface area contributed by atoms with Crippen LogP contribution in [-0.4, -0.2) is 11.5 Å². The Morgan fingerprint density at radius 1 is 1.15 bits per heavy atom. The van der Waals surface area contributed by atoms with E-state index >= 15 is 0 Å².